The van der Waals surface area contributed by atoms with E-state index < -0.39 is 0 Å². The molecule has 1 heteroatoms. The molecule has 0 amide bonds. The number of allylic oxidation sites excluding steroid dienone is 2. The van der Waals surface area contributed by atoms with Gasteiger partial charge in [-0.05, 0) is 18.4 Å². The number of rotatable bonds is 2. The number of hydrogen-bond donors (Lipinski definition) is 1. The van der Waals surface area contributed by atoms with Crippen LogP contribution in [0.25, 0.3) is 0 Å². The smallest absolute Gasteiger partial charge is 0.0681 e. The summed E-state index contributed by atoms with van der Waals surface area (Å²) in [4.78, 5) is 0. The van der Waals surface area contributed by atoms with Crippen molar-refractivity contribution >= 4 is 0 Å². The third-order valence-corrected chi connectivity index (χ3v) is 1.73. The van der Waals surface area contributed by atoms with Crippen molar-refractivity contribution in [3.8, 4) is 0 Å². The molecule has 0 saturated heterocycles. The Morgan fingerprint density at radius 1 is 1.67 bits per heavy atom. The van der Waals surface area contributed by atoms with Crippen LogP contribution >= 0.6 is 0 Å². The first-order valence-corrected chi connectivity index (χ1v) is 3.36. The highest BCUT2D eigenvalue weighted by molar-refractivity contribution is 5.33. The Morgan fingerprint density at radius 2 is 2.44 bits per heavy atom. The minimum atomic E-state index is 0.208. The molecule has 0 spiro atoms. The van der Waals surface area contributed by atoms with Crippen LogP contribution in [0.15, 0.2) is 23.3 Å². The quantitative estimate of drug-likeness (QED) is 0.593. The lowest BCUT2D eigenvalue weighted by Crippen LogP contribution is -1.87. The molecule has 0 heterocycles. The largest absolute Gasteiger partial charge is 0.392 e. The minimum absolute atomic E-state index is 0.208. The Labute approximate surface area is 55.7 Å². The summed E-state index contributed by atoms with van der Waals surface area (Å²) in [6.07, 6.45) is 6.23. The fourth-order valence-corrected chi connectivity index (χ4v) is 1.13. The van der Waals surface area contributed by atoms with Gasteiger partial charge in [-0.2, -0.15) is 0 Å². The zero-order valence-corrected chi connectivity index (χ0v) is 5.72. The van der Waals surface area contributed by atoms with E-state index in [0.29, 0.717) is 0 Å². The molecule has 1 N–H and O–H groups in total. The second-order valence-electron chi connectivity index (χ2n) is 2.25. The Balaban J connectivity index is 2.67. The molecule has 0 saturated carbocycles. The van der Waals surface area contributed by atoms with E-state index in [-0.39, 0.29) is 6.61 Å². The van der Waals surface area contributed by atoms with Crippen LogP contribution in [-0.2, 0) is 0 Å². The molecule has 1 aliphatic carbocycles. The Hall–Kier alpha value is -0.560. The Kier molecular flexibility index (Phi) is 2.06. The maximum absolute atomic E-state index is 8.76. The molecular formula is C8H12O. The van der Waals surface area contributed by atoms with E-state index in [0.717, 1.165) is 18.4 Å². The third-order valence-electron chi connectivity index (χ3n) is 1.73. The molecule has 0 bridgehead atoms. The van der Waals surface area contributed by atoms with Gasteiger partial charge in [0.1, 0.15) is 0 Å². The lowest BCUT2D eigenvalue weighted by atomic mass is 10.1. The van der Waals surface area contributed by atoms with Crippen LogP contribution in [0.2, 0.25) is 0 Å². The maximum Gasteiger partial charge on any atom is 0.0681 e. The highest BCUT2D eigenvalue weighted by atomic mass is 16.3. The summed E-state index contributed by atoms with van der Waals surface area (Å²) in [5, 5.41) is 8.76. The molecule has 1 nitrogen and oxygen atoms in total. The van der Waals surface area contributed by atoms with Crippen LogP contribution in [0, 0.1) is 0 Å². The molecule has 0 aromatic carbocycles. The van der Waals surface area contributed by atoms with Gasteiger partial charge in [-0.3, -0.25) is 0 Å². The standard InChI is InChI=1S/C8H12O/c1-2-7-4-3-5-8(7)6-9/h3,5,9H,2,4,6H2,1H3. The van der Waals surface area contributed by atoms with Gasteiger partial charge in [-0.15, -0.1) is 0 Å². The summed E-state index contributed by atoms with van der Waals surface area (Å²) in [5.41, 5.74) is 2.51. The van der Waals surface area contributed by atoms with E-state index in [2.05, 4.69) is 13.0 Å². The molecule has 0 unspecified atom stereocenters. The van der Waals surface area contributed by atoms with Crippen LogP contribution in [-0.4, -0.2) is 11.7 Å². The van der Waals surface area contributed by atoms with Crippen molar-refractivity contribution in [2.24, 2.45) is 0 Å². The van der Waals surface area contributed by atoms with Gasteiger partial charge in [0, 0.05) is 0 Å². The molecular weight excluding hydrogens is 112 g/mol. The first kappa shape index (κ1) is 6.56. The second-order valence-corrected chi connectivity index (χ2v) is 2.25. The maximum atomic E-state index is 8.76. The fourth-order valence-electron chi connectivity index (χ4n) is 1.13. The predicted octanol–water partition coefficient (Wildman–Crippen LogP) is 1.65. The molecule has 0 aromatic heterocycles. The summed E-state index contributed by atoms with van der Waals surface area (Å²) >= 11 is 0. The van der Waals surface area contributed by atoms with Gasteiger partial charge in [0.2, 0.25) is 0 Å². The topological polar surface area (TPSA) is 20.2 Å². The lowest BCUT2D eigenvalue weighted by Gasteiger charge is -1.98. The monoisotopic (exact) mass is 124 g/mol. The first-order valence-electron chi connectivity index (χ1n) is 3.36. The highest BCUT2D eigenvalue weighted by Crippen LogP contribution is 2.20. The number of aliphatic hydroxyl groups excluding tert-OH is 1. The van der Waals surface area contributed by atoms with Crippen LogP contribution in [0.5, 0.6) is 0 Å². The van der Waals surface area contributed by atoms with Gasteiger partial charge in [0.25, 0.3) is 0 Å². The average Bonchev–Trinajstić information content (AvgIpc) is 2.33. The van der Waals surface area contributed by atoms with Crippen LogP contribution in [0.1, 0.15) is 19.8 Å². The van der Waals surface area contributed by atoms with Crippen molar-refractivity contribution in [2.75, 3.05) is 6.61 Å². The van der Waals surface area contributed by atoms with Gasteiger partial charge < -0.3 is 5.11 Å². The molecule has 0 aliphatic heterocycles. The van der Waals surface area contributed by atoms with E-state index in [1.54, 1.807) is 0 Å². The van der Waals surface area contributed by atoms with Gasteiger partial charge in [-0.1, -0.05) is 24.6 Å². The second kappa shape index (κ2) is 2.83. The summed E-state index contributed by atoms with van der Waals surface area (Å²) in [6.45, 7) is 2.33. The molecule has 1 rings (SSSR count). The molecule has 0 fully saturated rings. The SMILES string of the molecule is CCC1=C(CO)C=CC1. The normalized spacial score (nSPS) is 17.6. The lowest BCUT2D eigenvalue weighted by molar-refractivity contribution is 0.334. The van der Waals surface area contributed by atoms with Crippen molar-refractivity contribution in [2.45, 2.75) is 19.8 Å². The first-order chi connectivity index (χ1) is 4.38. The van der Waals surface area contributed by atoms with E-state index in [4.69, 9.17) is 5.11 Å². The van der Waals surface area contributed by atoms with Gasteiger partial charge in [0.15, 0.2) is 0 Å². The summed E-state index contributed by atoms with van der Waals surface area (Å²) in [7, 11) is 0. The van der Waals surface area contributed by atoms with Crippen molar-refractivity contribution < 1.29 is 5.11 Å². The Morgan fingerprint density at radius 3 is 2.89 bits per heavy atom. The van der Waals surface area contributed by atoms with Gasteiger partial charge in [-0.25, -0.2) is 0 Å². The zero-order chi connectivity index (χ0) is 6.69. The molecule has 0 aromatic rings. The Bertz CT molecular complexity index is 154. The summed E-state index contributed by atoms with van der Waals surface area (Å²) in [6, 6.07) is 0. The van der Waals surface area contributed by atoms with Crippen LogP contribution < -0.4 is 0 Å². The van der Waals surface area contributed by atoms with Gasteiger partial charge >= 0.3 is 0 Å². The van der Waals surface area contributed by atoms with E-state index in [1.165, 1.54) is 5.57 Å². The molecule has 0 atom stereocenters. The van der Waals surface area contributed by atoms with Gasteiger partial charge in [0.05, 0.1) is 6.61 Å². The molecule has 0 radical (unpaired) electrons. The van der Waals surface area contributed by atoms with Crippen molar-refractivity contribution in [1.82, 2.24) is 0 Å². The third kappa shape index (κ3) is 1.22. The predicted molar refractivity (Wildman–Crippen MR) is 38.2 cm³/mol. The molecule has 1 aliphatic rings. The fraction of sp³-hybridized carbons (Fsp3) is 0.500. The number of aliphatic hydroxyl groups is 1. The van der Waals surface area contributed by atoms with Crippen LogP contribution in [0.3, 0.4) is 0 Å². The van der Waals surface area contributed by atoms with Crippen molar-refractivity contribution in [1.29, 1.82) is 0 Å². The van der Waals surface area contributed by atoms with Crippen molar-refractivity contribution in [3.63, 3.8) is 0 Å². The van der Waals surface area contributed by atoms with E-state index in [1.807, 2.05) is 6.08 Å². The molecule has 9 heavy (non-hydrogen) atoms. The molecule has 50 valence electrons. The highest BCUT2D eigenvalue weighted by Gasteiger charge is 2.04. The average molecular weight is 124 g/mol. The summed E-state index contributed by atoms with van der Waals surface area (Å²) < 4.78 is 0. The van der Waals surface area contributed by atoms with Crippen LogP contribution in [0.4, 0.5) is 0 Å². The minimum Gasteiger partial charge on any atom is -0.392 e. The summed E-state index contributed by atoms with van der Waals surface area (Å²) in [5.74, 6) is 0. The van der Waals surface area contributed by atoms with E-state index >= 15 is 0 Å². The van der Waals surface area contributed by atoms with E-state index in [9.17, 15) is 0 Å². The number of hydrogen-bond acceptors (Lipinski definition) is 1. The van der Waals surface area contributed by atoms with Crippen molar-refractivity contribution in [3.05, 3.63) is 23.3 Å². The zero-order valence-electron chi connectivity index (χ0n) is 5.72.